The van der Waals surface area contributed by atoms with Crippen LogP contribution in [0, 0.1) is 0 Å². The number of amides is 1. The van der Waals surface area contributed by atoms with Crippen molar-refractivity contribution in [1.82, 2.24) is 5.32 Å². The molecule has 1 amide bonds. The molecule has 132 valence electrons. The van der Waals surface area contributed by atoms with Gasteiger partial charge in [0.25, 0.3) is 5.91 Å². The number of carbonyl (C=O) groups is 3. The summed E-state index contributed by atoms with van der Waals surface area (Å²) < 4.78 is 14.6. The van der Waals surface area contributed by atoms with Crippen molar-refractivity contribution < 1.29 is 28.6 Å². The van der Waals surface area contributed by atoms with Crippen LogP contribution in [-0.2, 0) is 14.3 Å². The summed E-state index contributed by atoms with van der Waals surface area (Å²) in [6, 6.07) is 4.15. The lowest BCUT2D eigenvalue weighted by Crippen LogP contribution is -2.29. The van der Waals surface area contributed by atoms with Crippen LogP contribution in [0.5, 0.6) is 5.75 Å². The van der Waals surface area contributed by atoms with Crippen LogP contribution in [0.3, 0.4) is 0 Å². The molecular formula is C17H23NO6. The highest BCUT2D eigenvalue weighted by Crippen LogP contribution is 2.19. The summed E-state index contributed by atoms with van der Waals surface area (Å²) >= 11 is 0. The largest absolute Gasteiger partial charge is 0.484 e. The normalized spacial score (nSPS) is 9.96. The average Bonchev–Trinajstić information content (AvgIpc) is 2.61. The Hall–Kier alpha value is -2.57. The molecule has 0 spiro atoms. The lowest BCUT2D eigenvalue weighted by Gasteiger charge is -2.10. The molecule has 7 nitrogen and oxygen atoms in total. The minimum absolute atomic E-state index is 0.138. The predicted octanol–water partition coefficient (Wildman–Crippen LogP) is 1.95. The van der Waals surface area contributed by atoms with Crippen LogP contribution in [0.1, 0.15) is 46.9 Å². The SMILES string of the molecule is CCCCCNC(=O)COc1cc(C(=O)OC)cc(C(=O)OC)c1. The Balaban J connectivity index is 2.74. The number of benzene rings is 1. The second kappa shape index (κ2) is 10.3. The summed E-state index contributed by atoms with van der Waals surface area (Å²) in [6.45, 7) is 2.46. The van der Waals surface area contributed by atoms with Gasteiger partial charge >= 0.3 is 11.9 Å². The van der Waals surface area contributed by atoms with E-state index in [4.69, 9.17) is 4.74 Å². The fourth-order valence-electron chi connectivity index (χ4n) is 1.96. The van der Waals surface area contributed by atoms with Crippen molar-refractivity contribution in [3.8, 4) is 5.75 Å². The van der Waals surface area contributed by atoms with Gasteiger partial charge < -0.3 is 19.5 Å². The maximum Gasteiger partial charge on any atom is 0.338 e. The first-order valence-electron chi connectivity index (χ1n) is 7.73. The number of hydrogen-bond acceptors (Lipinski definition) is 6. The lowest BCUT2D eigenvalue weighted by molar-refractivity contribution is -0.123. The molecular weight excluding hydrogens is 314 g/mol. The topological polar surface area (TPSA) is 90.9 Å². The van der Waals surface area contributed by atoms with Gasteiger partial charge in [-0.05, 0) is 24.6 Å². The number of nitrogens with one attached hydrogen (secondary N) is 1. The van der Waals surface area contributed by atoms with E-state index in [9.17, 15) is 14.4 Å². The standard InChI is InChI=1S/C17H23NO6/c1-4-5-6-7-18-15(19)11-24-14-9-12(16(20)22-2)8-13(10-14)17(21)23-3/h8-10H,4-7,11H2,1-3H3,(H,18,19). The fourth-order valence-corrected chi connectivity index (χ4v) is 1.96. The molecule has 1 N–H and O–H groups in total. The number of hydrogen-bond donors (Lipinski definition) is 1. The Bertz CT molecular complexity index is 550. The number of carbonyl (C=O) groups excluding carboxylic acids is 3. The second-order valence-corrected chi connectivity index (χ2v) is 5.07. The van der Waals surface area contributed by atoms with E-state index in [1.807, 2.05) is 0 Å². The zero-order valence-corrected chi connectivity index (χ0v) is 14.2. The Morgan fingerprint density at radius 1 is 0.958 bits per heavy atom. The lowest BCUT2D eigenvalue weighted by atomic mass is 10.1. The second-order valence-electron chi connectivity index (χ2n) is 5.07. The van der Waals surface area contributed by atoms with Gasteiger partial charge in [-0.2, -0.15) is 0 Å². The molecule has 0 saturated carbocycles. The van der Waals surface area contributed by atoms with Crippen molar-refractivity contribution in [2.45, 2.75) is 26.2 Å². The summed E-state index contributed by atoms with van der Waals surface area (Å²) in [4.78, 5) is 35.0. The van der Waals surface area contributed by atoms with Gasteiger partial charge in [0.05, 0.1) is 25.3 Å². The van der Waals surface area contributed by atoms with E-state index in [0.717, 1.165) is 19.3 Å². The number of rotatable bonds is 9. The number of methoxy groups -OCH3 is 2. The minimum Gasteiger partial charge on any atom is -0.484 e. The summed E-state index contributed by atoms with van der Waals surface area (Å²) in [5.41, 5.74) is 0.275. The maximum absolute atomic E-state index is 11.7. The molecule has 7 heteroatoms. The van der Waals surface area contributed by atoms with E-state index in [1.165, 1.54) is 32.4 Å². The maximum atomic E-state index is 11.7. The molecule has 0 fully saturated rings. The first kappa shape index (κ1) is 19.5. The Morgan fingerprint density at radius 2 is 1.54 bits per heavy atom. The molecule has 0 saturated heterocycles. The summed E-state index contributed by atoms with van der Waals surface area (Å²) in [5, 5.41) is 2.74. The quantitative estimate of drug-likeness (QED) is 0.547. The molecule has 0 aliphatic heterocycles. The zero-order valence-electron chi connectivity index (χ0n) is 14.2. The van der Waals surface area contributed by atoms with E-state index in [-0.39, 0.29) is 29.4 Å². The summed E-state index contributed by atoms with van der Waals surface area (Å²) in [7, 11) is 2.47. The van der Waals surface area contributed by atoms with Gasteiger partial charge in [0.15, 0.2) is 6.61 Å². The highest BCUT2D eigenvalue weighted by atomic mass is 16.5. The van der Waals surface area contributed by atoms with Crippen LogP contribution in [0.15, 0.2) is 18.2 Å². The van der Waals surface area contributed by atoms with Crippen LogP contribution in [0.2, 0.25) is 0 Å². The smallest absolute Gasteiger partial charge is 0.338 e. The third-order valence-corrected chi connectivity index (χ3v) is 3.22. The Morgan fingerprint density at radius 3 is 2.04 bits per heavy atom. The molecule has 1 aromatic rings. The van der Waals surface area contributed by atoms with Crippen molar-refractivity contribution in [2.24, 2.45) is 0 Å². The molecule has 0 aliphatic rings. The fraction of sp³-hybridized carbons (Fsp3) is 0.471. The Labute approximate surface area is 141 Å². The molecule has 0 unspecified atom stereocenters. The van der Waals surface area contributed by atoms with Gasteiger partial charge in [-0.15, -0.1) is 0 Å². The molecule has 0 atom stereocenters. The van der Waals surface area contributed by atoms with E-state index in [1.54, 1.807) is 0 Å². The number of esters is 2. The average molecular weight is 337 g/mol. The van der Waals surface area contributed by atoms with Crippen molar-refractivity contribution >= 4 is 17.8 Å². The molecule has 0 aromatic heterocycles. The van der Waals surface area contributed by atoms with Crippen molar-refractivity contribution in [3.05, 3.63) is 29.3 Å². The van der Waals surface area contributed by atoms with Crippen molar-refractivity contribution in [3.63, 3.8) is 0 Å². The minimum atomic E-state index is -0.616. The van der Waals surface area contributed by atoms with Gasteiger partial charge in [-0.3, -0.25) is 4.79 Å². The van der Waals surface area contributed by atoms with E-state index in [2.05, 4.69) is 21.7 Å². The number of ether oxygens (including phenoxy) is 3. The van der Waals surface area contributed by atoms with Crippen LogP contribution < -0.4 is 10.1 Å². The number of unbranched alkanes of at least 4 members (excludes halogenated alkanes) is 2. The molecule has 0 heterocycles. The Kier molecular flexibility index (Phi) is 8.32. The van der Waals surface area contributed by atoms with E-state index >= 15 is 0 Å². The van der Waals surface area contributed by atoms with Gasteiger partial charge in [0.2, 0.25) is 0 Å². The van der Waals surface area contributed by atoms with E-state index in [0.29, 0.717) is 6.54 Å². The highest BCUT2D eigenvalue weighted by Gasteiger charge is 2.15. The molecule has 1 aromatic carbocycles. The third-order valence-electron chi connectivity index (χ3n) is 3.22. The molecule has 1 rings (SSSR count). The van der Waals surface area contributed by atoms with E-state index < -0.39 is 11.9 Å². The summed E-state index contributed by atoms with van der Waals surface area (Å²) in [5.74, 6) is -1.29. The van der Waals surface area contributed by atoms with Gasteiger partial charge in [0, 0.05) is 6.54 Å². The van der Waals surface area contributed by atoms with Gasteiger partial charge in [0.1, 0.15) is 5.75 Å². The first-order chi connectivity index (χ1) is 11.5. The first-order valence-corrected chi connectivity index (χ1v) is 7.73. The van der Waals surface area contributed by atoms with Crippen LogP contribution in [0.4, 0.5) is 0 Å². The highest BCUT2D eigenvalue weighted by molar-refractivity contribution is 5.96. The molecule has 0 bridgehead atoms. The van der Waals surface area contributed by atoms with Crippen LogP contribution in [0.25, 0.3) is 0 Å². The van der Waals surface area contributed by atoms with Crippen LogP contribution in [-0.4, -0.2) is 45.2 Å². The zero-order chi connectivity index (χ0) is 17.9. The third kappa shape index (κ3) is 6.28. The summed E-state index contributed by atoms with van der Waals surface area (Å²) in [6.07, 6.45) is 3.03. The van der Waals surface area contributed by atoms with Gasteiger partial charge in [-0.25, -0.2) is 9.59 Å². The van der Waals surface area contributed by atoms with Crippen molar-refractivity contribution in [1.29, 1.82) is 0 Å². The van der Waals surface area contributed by atoms with Crippen molar-refractivity contribution in [2.75, 3.05) is 27.4 Å². The molecule has 0 radical (unpaired) electrons. The molecule has 0 aliphatic carbocycles. The predicted molar refractivity (Wildman–Crippen MR) is 87.2 cm³/mol. The molecule has 24 heavy (non-hydrogen) atoms. The van der Waals surface area contributed by atoms with Gasteiger partial charge in [-0.1, -0.05) is 19.8 Å². The van der Waals surface area contributed by atoms with Crippen LogP contribution >= 0.6 is 0 Å². The monoisotopic (exact) mass is 337 g/mol.